The average molecular weight is 284 g/mol. The van der Waals surface area contributed by atoms with Crippen molar-refractivity contribution in [1.82, 2.24) is 19.1 Å². The van der Waals surface area contributed by atoms with Crippen LogP contribution in [-0.2, 0) is 11.8 Å². The fourth-order valence-electron chi connectivity index (χ4n) is 2.26. The second-order valence-corrected chi connectivity index (χ2v) is 4.67. The average Bonchev–Trinajstić information content (AvgIpc) is 2.98. The first kappa shape index (κ1) is 13.2. The van der Waals surface area contributed by atoms with Crippen molar-refractivity contribution in [3.05, 3.63) is 23.0 Å². The number of aliphatic hydroxyl groups is 2. The van der Waals surface area contributed by atoms with Gasteiger partial charge in [-0.3, -0.25) is 9.36 Å². The van der Waals surface area contributed by atoms with E-state index in [9.17, 15) is 14.3 Å². The fourth-order valence-corrected chi connectivity index (χ4v) is 2.26. The maximum Gasteiger partial charge on any atom is 0.281 e. The van der Waals surface area contributed by atoms with Crippen molar-refractivity contribution in [2.75, 3.05) is 6.61 Å². The predicted molar refractivity (Wildman–Crippen MR) is 64.7 cm³/mol. The van der Waals surface area contributed by atoms with Crippen LogP contribution in [0.25, 0.3) is 11.2 Å². The number of alkyl halides is 1. The van der Waals surface area contributed by atoms with Crippen LogP contribution < -0.4 is 5.56 Å². The van der Waals surface area contributed by atoms with Gasteiger partial charge in [0.05, 0.1) is 19.3 Å². The van der Waals surface area contributed by atoms with E-state index in [1.165, 1.54) is 28.8 Å². The van der Waals surface area contributed by atoms with Gasteiger partial charge in [-0.2, -0.15) is 0 Å². The molecule has 2 N–H and O–H groups in total. The van der Waals surface area contributed by atoms with Gasteiger partial charge in [-0.15, -0.1) is 0 Å². The monoisotopic (exact) mass is 284 g/mol. The number of aryl methyl sites for hydroxylation is 1. The molecule has 0 aromatic carbocycles. The van der Waals surface area contributed by atoms with E-state index in [1.807, 2.05) is 0 Å². The van der Waals surface area contributed by atoms with Crippen LogP contribution in [0.1, 0.15) is 6.23 Å². The molecule has 4 atom stereocenters. The third-order valence-electron chi connectivity index (χ3n) is 3.39. The molecule has 8 nitrogen and oxygen atoms in total. The normalized spacial score (nSPS) is 30.2. The van der Waals surface area contributed by atoms with Crippen LogP contribution in [0.2, 0.25) is 0 Å². The highest BCUT2D eigenvalue weighted by Gasteiger charge is 2.45. The molecule has 1 fully saturated rings. The van der Waals surface area contributed by atoms with E-state index < -0.39 is 31.2 Å². The summed E-state index contributed by atoms with van der Waals surface area (Å²) in [6.45, 7) is -0.500. The molecule has 0 spiro atoms. The molecule has 1 aliphatic heterocycles. The van der Waals surface area contributed by atoms with Gasteiger partial charge in [0.2, 0.25) is 0 Å². The van der Waals surface area contributed by atoms with Crippen molar-refractivity contribution in [1.29, 1.82) is 0 Å². The van der Waals surface area contributed by atoms with Gasteiger partial charge in [0, 0.05) is 7.05 Å². The Kier molecular flexibility index (Phi) is 3.04. The second kappa shape index (κ2) is 4.62. The number of fused-ring (bicyclic) bond motifs is 1. The lowest BCUT2D eigenvalue weighted by Gasteiger charge is -2.14. The smallest absolute Gasteiger partial charge is 0.281 e. The van der Waals surface area contributed by atoms with Gasteiger partial charge in [0.15, 0.2) is 23.6 Å². The highest BCUT2D eigenvalue weighted by molar-refractivity contribution is 5.69. The molecule has 20 heavy (non-hydrogen) atoms. The van der Waals surface area contributed by atoms with Crippen LogP contribution in [-0.4, -0.2) is 54.3 Å². The Morgan fingerprint density at radius 2 is 2.20 bits per heavy atom. The number of rotatable bonds is 2. The molecular weight excluding hydrogens is 271 g/mol. The number of halogens is 1. The Labute approximate surface area is 112 Å². The van der Waals surface area contributed by atoms with Crippen LogP contribution in [0.5, 0.6) is 0 Å². The first-order chi connectivity index (χ1) is 9.54. The molecule has 0 amide bonds. The molecule has 2 aromatic rings. The predicted octanol–water partition coefficient (Wildman–Crippen LogP) is -1.28. The number of ether oxygens (including phenoxy) is 1. The Morgan fingerprint density at radius 3 is 2.85 bits per heavy atom. The van der Waals surface area contributed by atoms with Gasteiger partial charge in [0.25, 0.3) is 5.56 Å². The zero-order valence-corrected chi connectivity index (χ0v) is 10.5. The molecule has 2 aromatic heterocycles. The van der Waals surface area contributed by atoms with E-state index in [4.69, 9.17) is 9.84 Å². The van der Waals surface area contributed by atoms with Gasteiger partial charge in [-0.25, -0.2) is 14.4 Å². The Bertz CT molecular complexity index is 699. The topological polar surface area (TPSA) is 102 Å². The summed E-state index contributed by atoms with van der Waals surface area (Å²) in [5.41, 5.74) is -0.0966. The van der Waals surface area contributed by atoms with E-state index in [2.05, 4.69) is 9.97 Å². The third kappa shape index (κ3) is 1.74. The molecule has 0 unspecified atom stereocenters. The summed E-state index contributed by atoms with van der Waals surface area (Å²) in [5, 5.41) is 18.6. The molecule has 3 heterocycles. The largest absolute Gasteiger partial charge is 0.394 e. The lowest BCUT2D eigenvalue weighted by atomic mass is 10.1. The van der Waals surface area contributed by atoms with E-state index in [-0.39, 0.29) is 16.7 Å². The van der Waals surface area contributed by atoms with Crippen molar-refractivity contribution < 1.29 is 19.3 Å². The molecule has 0 saturated carbocycles. The molecule has 0 aliphatic carbocycles. The lowest BCUT2D eigenvalue weighted by Crippen LogP contribution is -2.30. The molecule has 0 radical (unpaired) electrons. The zero-order chi connectivity index (χ0) is 14.4. The number of aliphatic hydroxyl groups excluding tert-OH is 2. The van der Waals surface area contributed by atoms with Crippen molar-refractivity contribution in [2.45, 2.75) is 24.6 Å². The number of hydrogen-bond donors (Lipinski definition) is 2. The molecule has 1 saturated heterocycles. The van der Waals surface area contributed by atoms with Gasteiger partial charge < -0.3 is 19.5 Å². The Balaban J connectivity index is 2.08. The van der Waals surface area contributed by atoms with Gasteiger partial charge in [-0.05, 0) is 0 Å². The minimum absolute atomic E-state index is 0.0905. The van der Waals surface area contributed by atoms with Crippen LogP contribution in [0.4, 0.5) is 4.39 Å². The number of hydrogen-bond acceptors (Lipinski definition) is 6. The van der Waals surface area contributed by atoms with Crippen molar-refractivity contribution in [3.8, 4) is 0 Å². The van der Waals surface area contributed by atoms with Gasteiger partial charge >= 0.3 is 0 Å². The van der Waals surface area contributed by atoms with Crippen LogP contribution in [0.3, 0.4) is 0 Å². The SMILES string of the molecule is Cn1cnc2c(ncn2[C@@H]2O[C@H](CO)[C@@H](O)[C@H]2F)c1=O. The third-order valence-corrected chi connectivity index (χ3v) is 3.39. The molecule has 0 bridgehead atoms. The highest BCUT2D eigenvalue weighted by atomic mass is 19.1. The maximum absolute atomic E-state index is 14.0. The summed E-state index contributed by atoms with van der Waals surface area (Å²) in [5.74, 6) is 0. The van der Waals surface area contributed by atoms with Crippen molar-refractivity contribution in [2.24, 2.45) is 7.05 Å². The number of imidazole rings is 1. The fraction of sp³-hybridized carbons (Fsp3) is 0.545. The van der Waals surface area contributed by atoms with Gasteiger partial charge in [0.1, 0.15) is 12.2 Å². The standard InChI is InChI=1S/C11H13FN4O4/c1-15-3-14-9-7(10(15)19)13-4-16(9)11-6(12)8(18)5(2-17)20-11/h3-6,8,11,17-18H,2H2,1H3/t5-,6-,8-,11-/m1/s1. The highest BCUT2D eigenvalue weighted by Crippen LogP contribution is 2.32. The quantitative estimate of drug-likeness (QED) is 0.712. The summed E-state index contributed by atoms with van der Waals surface area (Å²) in [6.07, 6.45) is -2.83. The Hall–Kier alpha value is -1.84. The maximum atomic E-state index is 14.0. The zero-order valence-electron chi connectivity index (χ0n) is 10.5. The van der Waals surface area contributed by atoms with Crippen LogP contribution in [0.15, 0.2) is 17.4 Å². The van der Waals surface area contributed by atoms with E-state index >= 15 is 0 Å². The molecule has 108 valence electrons. The molecule has 9 heteroatoms. The summed E-state index contributed by atoms with van der Waals surface area (Å²) in [4.78, 5) is 19.8. The lowest BCUT2D eigenvalue weighted by molar-refractivity contribution is -0.0459. The van der Waals surface area contributed by atoms with E-state index in [0.717, 1.165) is 0 Å². The summed E-state index contributed by atoms with van der Waals surface area (Å²) < 4.78 is 21.8. The van der Waals surface area contributed by atoms with Gasteiger partial charge in [-0.1, -0.05) is 0 Å². The minimum Gasteiger partial charge on any atom is -0.394 e. The molecule has 3 rings (SSSR count). The summed E-state index contributed by atoms with van der Waals surface area (Å²) in [6, 6.07) is 0. The number of nitrogens with zero attached hydrogens (tertiary/aromatic N) is 4. The summed E-state index contributed by atoms with van der Waals surface area (Å²) >= 11 is 0. The van der Waals surface area contributed by atoms with E-state index in [0.29, 0.717) is 0 Å². The first-order valence-corrected chi connectivity index (χ1v) is 6.01. The number of aromatic nitrogens is 4. The van der Waals surface area contributed by atoms with Crippen molar-refractivity contribution in [3.63, 3.8) is 0 Å². The van der Waals surface area contributed by atoms with E-state index in [1.54, 1.807) is 0 Å². The van der Waals surface area contributed by atoms with Crippen LogP contribution in [0, 0.1) is 0 Å². The molecular formula is C11H13FN4O4. The minimum atomic E-state index is -1.74. The van der Waals surface area contributed by atoms with Crippen molar-refractivity contribution >= 4 is 11.2 Å². The summed E-state index contributed by atoms with van der Waals surface area (Å²) in [7, 11) is 1.53. The Morgan fingerprint density at radius 1 is 1.45 bits per heavy atom. The second-order valence-electron chi connectivity index (χ2n) is 4.67. The first-order valence-electron chi connectivity index (χ1n) is 6.01. The van der Waals surface area contributed by atoms with Crippen LogP contribution >= 0.6 is 0 Å². The molecule has 1 aliphatic rings.